The highest BCUT2D eigenvalue weighted by molar-refractivity contribution is 8.18. The minimum Gasteiger partial charge on any atom is -0.480 e. The summed E-state index contributed by atoms with van der Waals surface area (Å²) in [5, 5.41) is 12.5. The maximum atomic E-state index is 12.9. The molecule has 1 aliphatic heterocycles. The number of carboxylic acids is 1. The number of aromatic nitrogens is 1. The fourth-order valence-electron chi connectivity index (χ4n) is 3.60. The Balaban J connectivity index is 1.48. The van der Waals surface area contributed by atoms with Crippen molar-refractivity contribution in [2.75, 3.05) is 0 Å². The number of nitrogens with zero attached hydrogens (tertiary/aromatic N) is 1. The van der Waals surface area contributed by atoms with Gasteiger partial charge in [0.1, 0.15) is 9.78 Å². The fourth-order valence-corrected chi connectivity index (χ4v) is 6.69. The lowest BCUT2D eigenvalue weighted by atomic mass is 10.0. The summed E-state index contributed by atoms with van der Waals surface area (Å²) < 4.78 is 70.4. The number of hydrogen-bond donors (Lipinski definition) is 3. The second-order valence-corrected chi connectivity index (χ2v) is 10.7. The standard InChI is InChI=1S/C19H18F3N3O5S2/c20-19(21,22)15-7-13(24-30-15)14-5-6-16(31-14)32(28,29)25-18(17(26)27)8-12(18)11-3-1-10(9-23)2-4-11/h1-4,6-7,12,14,25H,5,8-9,23H2,(H,26,27)/t12-,14?,18+/m0/s1. The summed E-state index contributed by atoms with van der Waals surface area (Å²) >= 11 is 0.791. The zero-order valence-corrected chi connectivity index (χ0v) is 17.9. The van der Waals surface area contributed by atoms with Crippen LogP contribution >= 0.6 is 11.8 Å². The molecule has 2 heterocycles. The van der Waals surface area contributed by atoms with E-state index in [0.717, 1.165) is 23.4 Å². The van der Waals surface area contributed by atoms with Crippen molar-refractivity contribution in [1.29, 1.82) is 0 Å². The number of allylic oxidation sites excluding steroid dienone is 1. The van der Waals surface area contributed by atoms with Crippen LogP contribution < -0.4 is 10.5 Å². The third kappa shape index (κ3) is 4.17. The summed E-state index contributed by atoms with van der Waals surface area (Å²) in [5.74, 6) is -3.14. The van der Waals surface area contributed by atoms with Gasteiger partial charge in [-0.05, 0) is 24.0 Å². The van der Waals surface area contributed by atoms with Gasteiger partial charge in [0.2, 0.25) is 15.8 Å². The Bertz CT molecular complexity index is 1180. The number of benzene rings is 1. The molecule has 0 radical (unpaired) electrons. The monoisotopic (exact) mass is 489 g/mol. The molecule has 0 saturated heterocycles. The van der Waals surface area contributed by atoms with Crippen LogP contribution in [0.3, 0.4) is 0 Å². The van der Waals surface area contributed by atoms with E-state index in [0.29, 0.717) is 12.1 Å². The number of thioether (sulfide) groups is 1. The first-order chi connectivity index (χ1) is 15.0. The number of hydrogen-bond acceptors (Lipinski definition) is 7. The predicted molar refractivity (Wildman–Crippen MR) is 109 cm³/mol. The van der Waals surface area contributed by atoms with Gasteiger partial charge in [0, 0.05) is 18.5 Å². The summed E-state index contributed by atoms with van der Waals surface area (Å²) in [6.45, 7) is 0.324. The third-order valence-electron chi connectivity index (χ3n) is 5.44. The first-order valence-electron chi connectivity index (χ1n) is 9.43. The maximum Gasteiger partial charge on any atom is 0.452 e. The van der Waals surface area contributed by atoms with Gasteiger partial charge in [-0.25, -0.2) is 8.42 Å². The fraction of sp³-hybridized carbons (Fsp3) is 0.368. The van der Waals surface area contributed by atoms with Crippen molar-refractivity contribution in [3.63, 3.8) is 0 Å². The maximum absolute atomic E-state index is 12.9. The van der Waals surface area contributed by atoms with Crippen LogP contribution in [0.4, 0.5) is 13.2 Å². The molecule has 1 aromatic carbocycles. The van der Waals surface area contributed by atoms with E-state index >= 15 is 0 Å². The molecule has 4 N–H and O–H groups in total. The van der Waals surface area contributed by atoms with Gasteiger partial charge in [-0.15, -0.1) is 11.8 Å². The average molecular weight is 489 g/mol. The Morgan fingerprint density at radius 1 is 1.34 bits per heavy atom. The van der Waals surface area contributed by atoms with Gasteiger partial charge < -0.3 is 15.4 Å². The number of nitrogens with two attached hydrogens (primary N) is 1. The Hall–Kier alpha value is -2.35. The molecular formula is C19H18F3N3O5S2. The molecule has 0 amide bonds. The van der Waals surface area contributed by atoms with Crippen molar-refractivity contribution < 1.29 is 36.0 Å². The van der Waals surface area contributed by atoms with Crippen LogP contribution in [0.1, 0.15) is 46.6 Å². The number of sulfonamides is 1. The molecule has 1 aliphatic carbocycles. The summed E-state index contributed by atoms with van der Waals surface area (Å²) in [5.41, 5.74) is 5.35. The zero-order valence-electron chi connectivity index (χ0n) is 16.3. The Labute approximate surface area is 185 Å². The van der Waals surface area contributed by atoms with E-state index < -0.39 is 44.6 Å². The number of nitrogens with one attached hydrogen (secondary N) is 1. The second-order valence-electron chi connectivity index (χ2n) is 7.56. The van der Waals surface area contributed by atoms with Crippen LogP contribution in [0.5, 0.6) is 0 Å². The molecule has 13 heteroatoms. The molecule has 1 aromatic heterocycles. The molecule has 4 rings (SSSR count). The lowest BCUT2D eigenvalue weighted by Gasteiger charge is -2.16. The molecular weight excluding hydrogens is 471 g/mol. The zero-order chi connectivity index (χ0) is 23.3. The second kappa shape index (κ2) is 7.90. The van der Waals surface area contributed by atoms with Crippen LogP contribution in [0.25, 0.3) is 0 Å². The van der Waals surface area contributed by atoms with E-state index in [1.807, 2.05) is 0 Å². The van der Waals surface area contributed by atoms with E-state index in [4.69, 9.17) is 5.73 Å². The molecule has 1 unspecified atom stereocenters. The molecule has 0 spiro atoms. The molecule has 1 fully saturated rings. The van der Waals surface area contributed by atoms with Gasteiger partial charge in [0.05, 0.1) is 10.9 Å². The summed E-state index contributed by atoms with van der Waals surface area (Å²) in [6.07, 6.45) is -3.18. The highest BCUT2D eigenvalue weighted by Crippen LogP contribution is 2.54. The molecule has 2 aromatic rings. The SMILES string of the molecule is NCc1ccc([C@@H]2C[C@]2(NS(=O)(=O)C2=CCC(c3cc(C(F)(F)F)on3)S2)C(=O)O)cc1. The summed E-state index contributed by atoms with van der Waals surface area (Å²) in [4.78, 5) is 12.0. The highest BCUT2D eigenvalue weighted by atomic mass is 32.3. The van der Waals surface area contributed by atoms with Gasteiger partial charge in [-0.3, -0.25) is 4.79 Å². The van der Waals surface area contributed by atoms with Crippen molar-refractivity contribution in [2.24, 2.45) is 5.73 Å². The smallest absolute Gasteiger partial charge is 0.452 e. The molecule has 2 aliphatic rings. The largest absolute Gasteiger partial charge is 0.480 e. The minimum atomic E-state index is -4.70. The Kier molecular flexibility index (Phi) is 5.64. The van der Waals surface area contributed by atoms with Crippen molar-refractivity contribution in [2.45, 2.75) is 42.3 Å². The van der Waals surface area contributed by atoms with Gasteiger partial charge in [0.25, 0.3) is 0 Å². The van der Waals surface area contributed by atoms with Gasteiger partial charge in [-0.2, -0.15) is 17.9 Å². The lowest BCUT2D eigenvalue weighted by molar-refractivity contribution is -0.155. The molecule has 1 saturated carbocycles. The number of aliphatic carboxylic acids is 1. The topological polar surface area (TPSA) is 136 Å². The van der Waals surface area contributed by atoms with E-state index in [9.17, 15) is 31.5 Å². The van der Waals surface area contributed by atoms with Crippen molar-refractivity contribution in [3.05, 3.63) is 63.2 Å². The molecule has 172 valence electrons. The Morgan fingerprint density at radius 3 is 2.59 bits per heavy atom. The van der Waals surface area contributed by atoms with Gasteiger partial charge >= 0.3 is 12.1 Å². The normalized spacial score (nSPS) is 25.6. The van der Waals surface area contributed by atoms with E-state index in [1.54, 1.807) is 24.3 Å². The molecule has 32 heavy (non-hydrogen) atoms. The minimum absolute atomic E-state index is 0.0407. The number of halogens is 3. The number of carbonyl (C=O) groups is 1. The molecule has 3 atom stereocenters. The first-order valence-corrected chi connectivity index (χ1v) is 11.8. The Morgan fingerprint density at radius 2 is 2.03 bits per heavy atom. The van der Waals surface area contributed by atoms with Crippen LogP contribution in [0.2, 0.25) is 0 Å². The van der Waals surface area contributed by atoms with E-state index in [1.165, 1.54) is 6.08 Å². The quantitative estimate of drug-likeness (QED) is 0.540. The lowest BCUT2D eigenvalue weighted by Crippen LogP contribution is -2.44. The highest BCUT2D eigenvalue weighted by Gasteiger charge is 2.63. The molecule has 8 nitrogen and oxygen atoms in total. The predicted octanol–water partition coefficient (Wildman–Crippen LogP) is 3.10. The average Bonchev–Trinajstić information content (AvgIpc) is 3.11. The van der Waals surface area contributed by atoms with Gasteiger partial charge in [-0.1, -0.05) is 35.5 Å². The van der Waals surface area contributed by atoms with Crippen LogP contribution in [-0.4, -0.2) is 30.2 Å². The van der Waals surface area contributed by atoms with Gasteiger partial charge in [0.15, 0.2) is 0 Å². The summed E-state index contributed by atoms with van der Waals surface area (Å²) in [6, 6.07) is 7.67. The number of carboxylic acid groups (broad SMARTS) is 1. The molecule has 0 bridgehead atoms. The first kappa shape index (κ1) is 22.8. The van der Waals surface area contributed by atoms with Crippen molar-refractivity contribution in [3.8, 4) is 0 Å². The van der Waals surface area contributed by atoms with E-state index in [-0.39, 0.29) is 22.8 Å². The van der Waals surface area contributed by atoms with E-state index in [2.05, 4.69) is 14.4 Å². The van der Waals surface area contributed by atoms with Crippen LogP contribution in [-0.2, 0) is 27.5 Å². The third-order valence-corrected chi connectivity index (χ3v) is 8.83. The summed E-state index contributed by atoms with van der Waals surface area (Å²) in [7, 11) is -4.22. The number of rotatable bonds is 7. The van der Waals surface area contributed by atoms with Crippen LogP contribution in [0.15, 0.2) is 45.2 Å². The van der Waals surface area contributed by atoms with Crippen molar-refractivity contribution >= 4 is 27.8 Å². The van der Waals surface area contributed by atoms with Crippen LogP contribution in [0, 0.1) is 0 Å². The number of alkyl halides is 3. The van der Waals surface area contributed by atoms with Crippen molar-refractivity contribution in [1.82, 2.24) is 9.88 Å².